The van der Waals surface area contributed by atoms with E-state index in [0.29, 0.717) is 36.9 Å². The molecule has 2 bridgehead atoms. The summed E-state index contributed by atoms with van der Waals surface area (Å²) in [6.07, 6.45) is 3.84. The van der Waals surface area contributed by atoms with Gasteiger partial charge in [0.2, 0.25) is 11.8 Å². The van der Waals surface area contributed by atoms with E-state index in [1.807, 2.05) is 76.2 Å². The van der Waals surface area contributed by atoms with Gasteiger partial charge in [0.15, 0.2) is 0 Å². The number of amides is 3. The van der Waals surface area contributed by atoms with E-state index in [4.69, 9.17) is 14.2 Å². The summed E-state index contributed by atoms with van der Waals surface area (Å²) in [7, 11) is 1.51. The van der Waals surface area contributed by atoms with Crippen LogP contribution in [0.25, 0.3) is 0 Å². The smallest absolute Gasteiger partial charge is 0.313 e. The summed E-state index contributed by atoms with van der Waals surface area (Å²) in [5.41, 5.74) is 1.86. The zero-order chi connectivity index (χ0) is 38.4. The first kappa shape index (κ1) is 39.9. The summed E-state index contributed by atoms with van der Waals surface area (Å²) < 4.78 is 18.6. The first-order valence-corrected chi connectivity index (χ1v) is 18.7. The number of nitrogens with zero attached hydrogens (tertiary/aromatic N) is 2. The van der Waals surface area contributed by atoms with E-state index < -0.39 is 59.6 Å². The first-order chi connectivity index (χ1) is 25.5. The van der Waals surface area contributed by atoms with E-state index in [-0.39, 0.29) is 43.9 Å². The lowest BCUT2D eigenvalue weighted by atomic mass is 9.70. The van der Waals surface area contributed by atoms with Gasteiger partial charge in [0.05, 0.1) is 43.2 Å². The van der Waals surface area contributed by atoms with Gasteiger partial charge in [0.25, 0.3) is 5.91 Å². The SMILES string of the molecule is C=CCCC(=O)N[C@H](COC)[C@H](OC(=O)[C@@H]1[C@@H]2CC[C@]3(O2)[C@H](C(=O)N(CC=C)c2cc(C)ccc2C)N([C@@H](CO)[C@@H](C)CC)C(=O)[C@@H]13)c1ccccc1. The van der Waals surface area contributed by atoms with E-state index in [0.717, 1.165) is 11.1 Å². The van der Waals surface area contributed by atoms with Gasteiger partial charge in [0, 0.05) is 25.8 Å². The number of methoxy groups -OCH3 is 1. The third-order valence-electron chi connectivity index (χ3n) is 11.3. The molecule has 0 saturated carbocycles. The quantitative estimate of drug-likeness (QED) is 0.162. The molecule has 3 heterocycles. The van der Waals surface area contributed by atoms with Gasteiger partial charge in [-0.1, -0.05) is 74.9 Å². The molecule has 2 N–H and O–H groups in total. The lowest BCUT2D eigenvalue weighted by Crippen LogP contribution is -2.60. The molecule has 0 unspecified atom stereocenters. The van der Waals surface area contributed by atoms with Crippen LogP contribution < -0.4 is 10.2 Å². The molecular weight excluding hydrogens is 674 g/mol. The van der Waals surface area contributed by atoms with E-state index >= 15 is 4.79 Å². The number of aliphatic hydroxyl groups excluding tert-OH is 1. The summed E-state index contributed by atoms with van der Waals surface area (Å²) in [6, 6.07) is 12.4. The largest absolute Gasteiger partial charge is 0.455 e. The van der Waals surface area contributed by atoms with E-state index in [9.17, 15) is 19.5 Å². The molecule has 2 aromatic rings. The van der Waals surface area contributed by atoms with Crippen LogP contribution in [0.2, 0.25) is 0 Å². The van der Waals surface area contributed by atoms with Gasteiger partial charge in [-0.15, -0.1) is 13.2 Å². The minimum atomic E-state index is -1.33. The predicted molar refractivity (Wildman–Crippen MR) is 202 cm³/mol. The van der Waals surface area contributed by atoms with Gasteiger partial charge >= 0.3 is 5.97 Å². The van der Waals surface area contributed by atoms with E-state index in [1.54, 1.807) is 17.1 Å². The summed E-state index contributed by atoms with van der Waals surface area (Å²) in [4.78, 5) is 60.8. The fourth-order valence-corrected chi connectivity index (χ4v) is 8.53. The number of nitrogens with one attached hydrogen (secondary N) is 1. The fraction of sp³-hybridized carbons (Fsp3) is 0.524. The van der Waals surface area contributed by atoms with Crippen molar-refractivity contribution < 1.29 is 38.5 Å². The average Bonchev–Trinajstić information content (AvgIpc) is 3.80. The van der Waals surface area contributed by atoms with Crippen LogP contribution in [0.3, 0.4) is 0 Å². The number of hydrogen-bond acceptors (Lipinski definition) is 8. The fourth-order valence-electron chi connectivity index (χ4n) is 8.53. The Kier molecular flexibility index (Phi) is 13.0. The number of likely N-dealkylation sites (tertiary alicyclic amines) is 1. The van der Waals surface area contributed by atoms with Crippen LogP contribution in [0, 0.1) is 31.6 Å². The highest BCUT2D eigenvalue weighted by Gasteiger charge is 2.76. The Morgan fingerprint density at radius 2 is 1.89 bits per heavy atom. The number of fused-ring (bicyclic) bond motifs is 1. The summed E-state index contributed by atoms with van der Waals surface area (Å²) in [5.74, 6) is -3.87. The molecule has 11 nitrogen and oxygen atoms in total. The highest BCUT2D eigenvalue weighted by Crippen LogP contribution is 2.60. The van der Waals surface area contributed by atoms with E-state index in [1.165, 1.54) is 12.0 Å². The molecule has 0 aromatic heterocycles. The summed E-state index contributed by atoms with van der Waals surface area (Å²) in [6.45, 7) is 15.3. The Morgan fingerprint density at radius 1 is 1.15 bits per heavy atom. The predicted octanol–water partition coefficient (Wildman–Crippen LogP) is 4.99. The number of esters is 1. The number of aliphatic hydroxyl groups is 1. The van der Waals surface area contributed by atoms with Gasteiger partial charge in [0.1, 0.15) is 17.7 Å². The molecule has 1 spiro atoms. The summed E-state index contributed by atoms with van der Waals surface area (Å²) in [5, 5.41) is 13.8. The first-order valence-electron chi connectivity index (χ1n) is 18.7. The van der Waals surface area contributed by atoms with Crippen molar-refractivity contribution in [2.24, 2.45) is 17.8 Å². The van der Waals surface area contributed by atoms with Gasteiger partial charge in [-0.3, -0.25) is 19.2 Å². The van der Waals surface area contributed by atoms with Crippen LogP contribution in [-0.4, -0.2) is 90.4 Å². The Labute approximate surface area is 313 Å². The van der Waals surface area contributed by atoms with Crippen molar-refractivity contribution in [3.63, 3.8) is 0 Å². The van der Waals surface area contributed by atoms with Gasteiger partial charge in [-0.05, 0) is 61.8 Å². The Morgan fingerprint density at radius 3 is 2.53 bits per heavy atom. The van der Waals surface area contributed by atoms with Crippen LogP contribution in [0.5, 0.6) is 0 Å². The lowest BCUT2D eigenvalue weighted by molar-refractivity contribution is -0.163. The second-order valence-corrected chi connectivity index (χ2v) is 14.7. The number of hydrogen-bond donors (Lipinski definition) is 2. The van der Waals surface area contributed by atoms with Crippen molar-refractivity contribution in [3.05, 3.63) is 90.5 Å². The molecule has 3 aliphatic heterocycles. The van der Waals surface area contributed by atoms with E-state index in [2.05, 4.69) is 18.5 Å². The van der Waals surface area contributed by atoms with Crippen molar-refractivity contribution in [1.82, 2.24) is 10.2 Å². The van der Waals surface area contributed by atoms with Crippen LogP contribution >= 0.6 is 0 Å². The molecule has 3 amide bonds. The molecule has 53 heavy (non-hydrogen) atoms. The maximum absolute atomic E-state index is 15.1. The Bertz CT molecular complexity index is 1660. The number of allylic oxidation sites excluding steroid dienone is 1. The van der Waals surface area contributed by atoms with Gasteiger partial charge in [-0.25, -0.2) is 0 Å². The monoisotopic (exact) mass is 729 g/mol. The molecule has 3 saturated heterocycles. The zero-order valence-corrected chi connectivity index (χ0v) is 31.7. The van der Waals surface area contributed by atoms with Crippen molar-refractivity contribution in [1.29, 1.82) is 0 Å². The Hall–Kier alpha value is -4.32. The van der Waals surface area contributed by atoms with Crippen molar-refractivity contribution in [3.8, 4) is 0 Å². The highest BCUT2D eigenvalue weighted by atomic mass is 16.6. The molecule has 9 atom stereocenters. The third-order valence-corrected chi connectivity index (χ3v) is 11.3. The number of anilines is 1. The Balaban J connectivity index is 1.56. The third kappa shape index (κ3) is 7.70. The molecule has 11 heteroatoms. The van der Waals surface area contributed by atoms with Crippen LogP contribution in [-0.2, 0) is 33.4 Å². The van der Waals surface area contributed by atoms with Crippen molar-refractivity contribution in [2.45, 2.75) is 95.7 Å². The molecule has 0 aliphatic carbocycles. The number of carbonyl (C=O) groups is 4. The van der Waals surface area contributed by atoms with Gasteiger partial charge in [-0.2, -0.15) is 0 Å². The minimum absolute atomic E-state index is 0.0541. The van der Waals surface area contributed by atoms with Crippen LogP contribution in [0.15, 0.2) is 73.8 Å². The number of ether oxygens (including phenoxy) is 3. The molecule has 0 radical (unpaired) electrons. The molecule has 3 fully saturated rings. The number of benzene rings is 2. The maximum atomic E-state index is 15.1. The maximum Gasteiger partial charge on any atom is 0.313 e. The number of carbonyl (C=O) groups excluding carboxylic acids is 4. The normalized spacial score (nSPS) is 25.2. The van der Waals surface area contributed by atoms with Crippen molar-refractivity contribution >= 4 is 29.4 Å². The standard InChI is InChI=1S/C42H55N3O8/c1-8-11-17-34(47)43-30(25-51-7)37(29-15-13-12-14-16-29)52-41(50)35-33-20-21-42(53-33)36(35)39(48)45(32(24-46)27(5)10-3)38(42)40(49)44(22-9-2)31-23-26(4)18-19-28(31)6/h8-9,12-16,18-19,23,27,30,32-33,35-38,46H,1-2,10-11,17,20-22,24-25H2,3-7H3,(H,43,47)/t27-,30+,32-,33-,35+,36+,37+,38-,42+/m0/s1. The molecule has 286 valence electrons. The average molecular weight is 730 g/mol. The number of aryl methyl sites for hydroxylation is 2. The molecule has 2 aromatic carbocycles. The summed E-state index contributed by atoms with van der Waals surface area (Å²) >= 11 is 0. The molecule has 3 aliphatic rings. The second kappa shape index (κ2) is 17.2. The zero-order valence-electron chi connectivity index (χ0n) is 31.7. The van der Waals surface area contributed by atoms with Gasteiger partial charge < -0.3 is 34.4 Å². The number of rotatable bonds is 18. The van der Waals surface area contributed by atoms with Crippen LogP contribution in [0.1, 0.15) is 68.7 Å². The molecule has 5 rings (SSSR count). The molecular formula is C42H55N3O8. The lowest BCUT2D eigenvalue weighted by Gasteiger charge is -2.41. The highest BCUT2D eigenvalue weighted by molar-refractivity contribution is 6.05. The second-order valence-electron chi connectivity index (χ2n) is 14.7. The topological polar surface area (TPSA) is 135 Å². The van der Waals surface area contributed by atoms with Crippen LogP contribution in [0.4, 0.5) is 5.69 Å². The minimum Gasteiger partial charge on any atom is -0.455 e. The van der Waals surface area contributed by atoms with Crippen molar-refractivity contribution in [2.75, 3.05) is 31.8 Å².